The van der Waals surface area contributed by atoms with Crippen molar-refractivity contribution in [2.45, 2.75) is 32.2 Å². The van der Waals surface area contributed by atoms with E-state index in [1.807, 2.05) is 0 Å². The summed E-state index contributed by atoms with van der Waals surface area (Å²) in [6, 6.07) is 4.27. The van der Waals surface area contributed by atoms with Crippen LogP contribution >= 0.6 is 11.3 Å². The predicted molar refractivity (Wildman–Crippen MR) is 65.4 cm³/mol. The number of thiophene rings is 1. The Bertz CT molecular complexity index is 299. The third kappa shape index (κ3) is 2.29. The molecule has 1 nitrogen and oxygen atoms in total. The zero-order chi connectivity index (χ0) is 10.8. The molecule has 15 heavy (non-hydrogen) atoms. The minimum absolute atomic E-state index is 0.185. The third-order valence-electron chi connectivity index (χ3n) is 3.68. The normalized spacial score (nSPS) is 35.9. The maximum atomic E-state index is 9.88. The Hall–Kier alpha value is -0.275. The molecule has 2 rings (SSSR count). The van der Waals surface area contributed by atoms with Gasteiger partial charge in [-0.05, 0) is 42.0 Å². The topological polar surface area (TPSA) is 20.2 Å². The van der Waals surface area contributed by atoms with Gasteiger partial charge in [0.15, 0.2) is 0 Å². The van der Waals surface area contributed by atoms with Crippen molar-refractivity contribution in [3.8, 4) is 0 Å². The van der Waals surface area contributed by atoms with Gasteiger partial charge < -0.3 is 5.11 Å². The van der Waals surface area contributed by atoms with Gasteiger partial charge in [0.05, 0.1) is 14.0 Å². The van der Waals surface area contributed by atoms with Gasteiger partial charge >= 0.3 is 0 Å². The van der Waals surface area contributed by atoms with Gasteiger partial charge in [-0.15, -0.1) is 11.3 Å². The summed E-state index contributed by atoms with van der Waals surface area (Å²) in [7, 11) is 5.75. The van der Waals surface area contributed by atoms with Gasteiger partial charge in [0.2, 0.25) is 0 Å². The quantitative estimate of drug-likeness (QED) is 0.776. The van der Waals surface area contributed by atoms with Crippen LogP contribution in [0.25, 0.3) is 0 Å². The van der Waals surface area contributed by atoms with E-state index in [-0.39, 0.29) is 6.10 Å². The number of hydrogen-bond donors (Lipinski definition) is 1. The molecule has 0 bridgehead atoms. The van der Waals surface area contributed by atoms with Crippen LogP contribution in [-0.4, -0.2) is 19.1 Å². The Morgan fingerprint density at radius 2 is 2.33 bits per heavy atom. The molecule has 1 aromatic rings. The molecule has 0 spiro atoms. The average molecular weight is 220 g/mol. The molecule has 1 N–H and O–H groups in total. The molecule has 80 valence electrons. The second-order valence-corrected chi connectivity index (χ2v) is 5.66. The Balaban J connectivity index is 2.06. The molecule has 4 unspecified atom stereocenters. The van der Waals surface area contributed by atoms with E-state index in [0.717, 1.165) is 12.8 Å². The van der Waals surface area contributed by atoms with Gasteiger partial charge in [-0.1, -0.05) is 19.3 Å². The van der Waals surface area contributed by atoms with Crippen molar-refractivity contribution in [2.24, 2.45) is 17.8 Å². The second kappa shape index (κ2) is 4.71. The Labute approximate surface area is 96.9 Å². The largest absolute Gasteiger partial charge is 0.393 e. The molecule has 0 saturated heterocycles. The molecular formula is C12H17BOS. The summed E-state index contributed by atoms with van der Waals surface area (Å²) in [4.78, 5) is 1.42. The first kappa shape index (κ1) is 11.2. The van der Waals surface area contributed by atoms with E-state index in [4.69, 9.17) is 7.85 Å². The minimum atomic E-state index is -0.185. The SMILES string of the molecule is [B]CC1C(O)CC(C)C1Cc1cccs1. The summed E-state index contributed by atoms with van der Waals surface area (Å²) in [5.74, 6) is 1.45. The Morgan fingerprint density at radius 1 is 1.53 bits per heavy atom. The molecule has 2 radical (unpaired) electrons. The molecule has 1 aromatic heterocycles. The predicted octanol–water partition coefficient (Wildman–Crippen LogP) is 2.51. The fourth-order valence-electron chi connectivity index (χ4n) is 2.78. The lowest BCUT2D eigenvalue weighted by molar-refractivity contribution is 0.128. The zero-order valence-corrected chi connectivity index (χ0v) is 9.91. The molecule has 1 fully saturated rings. The summed E-state index contributed by atoms with van der Waals surface area (Å²) in [5.41, 5.74) is 0. The second-order valence-electron chi connectivity index (χ2n) is 4.63. The number of aliphatic hydroxyl groups excluding tert-OH is 1. The molecule has 1 aliphatic carbocycles. The van der Waals surface area contributed by atoms with Crippen molar-refractivity contribution in [3.63, 3.8) is 0 Å². The summed E-state index contributed by atoms with van der Waals surface area (Å²) < 4.78 is 0. The van der Waals surface area contributed by atoms with Gasteiger partial charge in [0.1, 0.15) is 0 Å². The van der Waals surface area contributed by atoms with Crippen molar-refractivity contribution in [2.75, 3.05) is 0 Å². The molecule has 0 aliphatic heterocycles. The lowest BCUT2D eigenvalue weighted by atomic mass is 9.79. The Kier molecular flexibility index (Phi) is 3.52. The maximum Gasteiger partial charge on any atom is 0.0658 e. The summed E-state index contributed by atoms with van der Waals surface area (Å²) in [6.45, 7) is 2.23. The van der Waals surface area contributed by atoms with Crippen LogP contribution in [-0.2, 0) is 6.42 Å². The van der Waals surface area contributed by atoms with Gasteiger partial charge in [0, 0.05) is 4.88 Å². The van der Waals surface area contributed by atoms with E-state index in [2.05, 4.69) is 24.4 Å². The van der Waals surface area contributed by atoms with Crippen LogP contribution in [0.3, 0.4) is 0 Å². The van der Waals surface area contributed by atoms with Crippen molar-refractivity contribution in [1.29, 1.82) is 0 Å². The molecule has 1 heterocycles. The van der Waals surface area contributed by atoms with Gasteiger partial charge in [-0.25, -0.2) is 0 Å². The zero-order valence-electron chi connectivity index (χ0n) is 9.10. The van der Waals surface area contributed by atoms with Crippen LogP contribution in [0, 0.1) is 17.8 Å². The highest BCUT2D eigenvalue weighted by molar-refractivity contribution is 7.09. The lowest BCUT2D eigenvalue weighted by Crippen LogP contribution is -2.21. The monoisotopic (exact) mass is 220 g/mol. The van der Waals surface area contributed by atoms with Gasteiger partial charge in [-0.2, -0.15) is 0 Å². The highest BCUT2D eigenvalue weighted by Crippen LogP contribution is 2.41. The molecule has 4 atom stereocenters. The van der Waals surface area contributed by atoms with Crippen LogP contribution in [0.2, 0.25) is 6.32 Å². The van der Waals surface area contributed by atoms with E-state index in [0.29, 0.717) is 24.1 Å². The first-order valence-electron chi connectivity index (χ1n) is 5.63. The average Bonchev–Trinajstić information content (AvgIpc) is 2.77. The van der Waals surface area contributed by atoms with Crippen molar-refractivity contribution in [3.05, 3.63) is 22.4 Å². The highest BCUT2D eigenvalue weighted by Gasteiger charge is 2.38. The molecule has 0 aromatic carbocycles. The molecule has 3 heteroatoms. The number of hydrogen-bond acceptors (Lipinski definition) is 2. The summed E-state index contributed by atoms with van der Waals surface area (Å²) in [6.07, 6.45) is 2.42. The van der Waals surface area contributed by atoms with Crippen LogP contribution in [0.15, 0.2) is 17.5 Å². The van der Waals surface area contributed by atoms with E-state index in [1.54, 1.807) is 11.3 Å². The van der Waals surface area contributed by atoms with Crippen molar-refractivity contribution < 1.29 is 5.11 Å². The first-order valence-corrected chi connectivity index (χ1v) is 6.51. The van der Waals surface area contributed by atoms with E-state index < -0.39 is 0 Å². The van der Waals surface area contributed by atoms with Crippen LogP contribution in [0.4, 0.5) is 0 Å². The minimum Gasteiger partial charge on any atom is -0.393 e. The first-order chi connectivity index (χ1) is 7.22. The molecule has 1 saturated carbocycles. The lowest BCUT2D eigenvalue weighted by Gasteiger charge is -2.22. The van der Waals surface area contributed by atoms with Crippen LogP contribution < -0.4 is 0 Å². The molecular weight excluding hydrogens is 203 g/mol. The highest BCUT2D eigenvalue weighted by atomic mass is 32.1. The molecule has 0 amide bonds. The van der Waals surface area contributed by atoms with Crippen LogP contribution in [0.1, 0.15) is 18.2 Å². The summed E-state index contributed by atoms with van der Waals surface area (Å²) in [5, 5.41) is 12.0. The van der Waals surface area contributed by atoms with Crippen LogP contribution in [0.5, 0.6) is 0 Å². The van der Waals surface area contributed by atoms with Gasteiger partial charge in [0.25, 0.3) is 0 Å². The van der Waals surface area contributed by atoms with E-state index in [1.165, 1.54) is 4.88 Å². The fourth-order valence-corrected chi connectivity index (χ4v) is 3.56. The molecule has 1 aliphatic rings. The van der Waals surface area contributed by atoms with E-state index in [9.17, 15) is 5.11 Å². The fraction of sp³-hybridized carbons (Fsp3) is 0.667. The number of aliphatic hydroxyl groups is 1. The third-order valence-corrected chi connectivity index (χ3v) is 4.58. The van der Waals surface area contributed by atoms with Crippen molar-refractivity contribution in [1.82, 2.24) is 0 Å². The Morgan fingerprint density at radius 3 is 2.93 bits per heavy atom. The standard InChI is InChI=1S/C12H17BOS/c1-8-5-12(14)11(7-13)10(8)6-9-3-2-4-15-9/h2-4,8,10-12,14H,5-7H2,1H3. The summed E-state index contributed by atoms with van der Waals surface area (Å²) >= 11 is 1.80. The number of rotatable bonds is 3. The maximum absolute atomic E-state index is 9.88. The van der Waals surface area contributed by atoms with Crippen molar-refractivity contribution >= 4 is 19.2 Å². The van der Waals surface area contributed by atoms with E-state index >= 15 is 0 Å². The van der Waals surface area contributed by atoms with Gasteiger partial charge in [-0.3, -0.25) is 0 Å². The smallest absolute Gasteiger partial charge is 0.0658 e.